The van der Waals surface area contributed by atoms with Crippen molar-refractivity contribution in [2.45, 2.75) is 40.0 Å². The molecule has 7 nitrogen and oxygen atoms in total. The van der Waals surface area contributed by atoms with E-state index in [2.05, 4.69) is 76.2 Å². The number of allylic oxidation sites excluding steroid dienone is 1. The van der Waals surface area contributed by atoms with E-state index >= 15 is 0 Å². The van der Waals surface area contributed by atoms with E-state index in [1.807, 2.05) is 6.07 Å². The molecule has 0 saturated carbocycles. The molecule has 7 heteroatoms. The van der Waals surface area contributed by atoms with Gasteiger partial charge in [0.1, 0.15) is 0 Å². The van der Waals surface area contributed by atoms with E-state index in [-0.39, 0.29) is 0 Å². The van der Waals surface area contributed by atoms with Crippen LogP contribution in [0, 0.1) is 23.7 Å². The number of H-pyrrole nitrogens is 1. The molecule has 2 aliphatic rings. The standard InChI is InChI=1S/C30H43N5O2/c1-21(2)27-16-23(22(3)15-25(27)20-35-11-9-34(10-12-35)13-14-36-4)17-29-32-33-30(37-29)18-24-19-31-28-8-6-5-7-26(24)28/h5-8,15,19,21,23,25,27,31H,9-14,16-18,20H2,1-4H3. The van der Waals surface area contributed by atoms with Crippen molar-refractivity contribution < 1.29 is 9.15 Å². The van der Waals surface area contributed by atoms with Crippen LogP contribution in [0.3, 0.4) is 0 Å². The largest absolute Gasteiger partial charge is 0.425 e. The molecular formula is C30H43N5O2. The molecule has 0 bridgehead atoms. The van der Waals surface area contributed by atoms with Gasteiger partial charge in [0.15, 0.2) is 0 Å². The lowest BCUT2D eigenvalue weighted by Crippen LogP contribution is -2.49. The number of methoxy groups -OCH3 is 1. The van der Waals surface area contributed by atoms with Crippen molar-refractivity contribution in [3.05, 3.63) is 59.5 Å². The normalized spacial score (nSPS) is 23.7. The summed E-state index contributed by atoms with van der Waals surface area (Å²) in [5, 5.41) is 10.0. The lowest BCUT2D eigenvalue weighted by molar-refractivity contribution is 0.0798. The molecule has 2 aromatic heterocycles. The number of para-hydroxylation sites is 1. The van der Waals surface area contributed by atoms with Gasteiger partial charge in [0.05, 0.1) is 13.0 Å². The maximum Gasteiger partial charge on any atom is 0.221 e. The summed E-state index contributed by atoms with van der Waals surface area (Å²) in [4.78, 5) is 8.53. The topological polar surface area (TPSA) is 70.4 Å². The molecule has 200 valence electrons. The van der Waals surface area contributed by atoms with Crippen LogP contribution in [-0.4, -0.2) is 78.0 Å². The monoisotopic (exact) mass is 505 g/mol. The van der Waals surface area contributed by atoms with Crippen LogP contribution in [-0.2, 0) is 17.6 Å². The quantitative estimate of drug-likeness (QED) is 0.399. The van der Waals surface area contributed by atoms with Crippen LogP contribution in [0.15, 0.2) is 46.5 Å². The number of benzene rings is 1. The van der Waals surface area contributed by atoms with Gasteiger partial charge in [-0.2, -0.15) is 0 Å². The molecule has 1 fully saturated rings. The summed E-state index contributed by atoms with van der Waals surface area (Å²) < 4.78 is 11.4. The average Bonchev–Trinajstić information content (AvgIpc) is 3.52. The minimum atomic E-state index is 0.468. The molecule has 3 atom stereocenters. The second-order valence-corrected chi connectivity index (χ2v) is 11.4. The van der Waals surface area contributed by atoms with Crippen LogP contribution in [0.2, 0.25) is 0 Å². The highest BCUT2D eigenvalue weighted by Gasteiger charge is 2.34. The molecule has 5 rings (SSSR count). The maximum atomic E-state index is 6.15. The molecule has 1 N–H and O–H groups in total. The lowest BCUT2D eigenvalue weighted by atomic mass is 9.69. The third-order valence-corrected chi connectivity index (χ3v) is 8.58. The molecular weight excluding hydrogens is 462 g/mol. The van der Waals surface area contributed by atoms with Crippen molar-refractivity contribution in [3.63, 3.8) is 0 Å². The number of nitrogens with one attached hydrogen (secondary N) is 1. The summed E-state index contributed by atoms with van der Waals surface area (Å²) in [6, 6.07) is 8.35. The van der Waals surface area contributed by atoms with E-state index in [4.69, 9.17) is 9.15 Å². The van der Waals surface area contributed by atoms with Gasteiger partial charge in [-0.3, -0.25) is 4.90 Å². The number of hydrogen-bond acceptors (Lipinski definition) is 6. The summed E-state index contributed by atoms with van der Waals surface area (Å²) in [6.07, 6.45) is 7.30. The first-order valence-corrected chi connectivity index (χ1v) is 14.0. The van der Waals surface area contributed by atoms with E-state index in [1.165, 1.54) is 29.5 Å². The number of piperazine rings is 1. The maximum absolute atomic E-state index is 6.15. The lowest BCUT2D eigenvalue weighted by Gasteiger charge is -2.41. The van der Waals surface area contributed by atoms with Crippen LogP contribution in [0.4, 0.5) is 0 Å². The number of hydrogen-bond donors (Lipinski definition) is 1. The minimum absolute atomic E-state index is 0.468. The summed E-state index contributed by atoms with van der Waals surface area (Å²) in [5.74, 6) is 3.87. The number of nitrogens with zero attached hydrogens (tertiary/aromatic N) is 4. The van der Waals surface area contributed by atoms with Crippen LogP contribution in [0.1, 0.15) is 44.5 Å². The molecule has 0 amide bonds. The first-order chi connectivity index (χ1) is 18.0. The Labute approximate surface area is 221 Å². The van der Waals surface area contributed by atoms with E-state index in [1.54, 1.807) is 7.11 Å². The molecule has 37 heavy (non-hydrogen) atoms. The number of fused-ring (bicyclic) bond motifs is 1. The Morgan fingerprint density at radius 2 is 1.84 bits per heavy atom. The summed E-state index contributed by atoms with van der Waals surface area (Å²) >= 11 is 0. The van der Waals surface area contributed by atoms with Crippen LogP contribution < -0.4 is 0 Å². The Hall–Kier alpha value is -2.48. The van der Waals surface area contributed by atoms with E-state index < -0.39 is 0 Å². The minimum Gasteiger partial charge on any atom is -0.425 e. The van der Waals surface area contributed by atoms with E-state index in [0.717, 1.165) is 57.2 Å². The zero-order valence-corrected chi connectivity index (χ0v) is 22.9. The number of rotatable bonds is 10. The molecule has 0 spiro atoms. The molecule has 3 aromatic rings. The van der Waals surface area contributed by atoms with Gasteiger partial charge in [-0.25, -0.2) is 0 Å². The SMILES string of the molecule is COCCN1CCN(CC2C=C(C)C(Cc3nnc(Cc4c[nH]c5ccccc45)o3)CC2C(C)C)CC1. The van der Waals surface area contributed by atoms with Crippen LogP contribution in [0.25, 0.3) is 10.9 Å². The van der Waals surface area contributed by atoms with Crippen molar-refractivity contribution >= 4 is 10.9 Å². The zero-order valence-electron chi connectivity index (χ0n) is 22.9. The fraction of sp³-hybridized carbons (Fsp3) is 0.600. The molecule has 1 aliphatic carbocycles. The summed E-state index contributed by atoms with van der Waals surface area (Å²) in [6.45, 7) is 14.7. The van der Waals surface area contributed by atoms with Gasteiger partial charge in [-0.1, -0.05) is 43.7 Å². The fourth-order valence-electron chi connectivity index (χ4n) is 6.29. The third-order valence-electron chi connectivity index (χ3n) is 8.58. The van der Waals surface area contributed by atoms with Gasteiger partial charge in [-0.15, -0.1) is 10.2 Å². The molecule has 3 unspecified atom stereocenters. The Balaban J connectivity index is 1.20. The molecule has 1 saturated heterocycles. The molecule has 0 radical (unpaired) electrons. The van der Waals surface area contributed by atoms with Gasteiger partial charge in [-0.05, 0) is 48.6 Å². The second-order valence-electron chi connectivity index (χ2n) is 11.4. The zero-order chi connectivity index (χ0) is 25.8. The Kier molecular flexibility index (Phi) is 8.43. The van der Waals surface area contributed by atoms with Gasteiger partial charge >= 0.3 is 0 Å². The molecule has 3 heterocycles. The summed E-state index contributed by atoms with van der Waals surface area (Å²) in [5.41, 5.74) is 3.82. The Bertz CT molecular complexity index is 1170. The highest BCUT2D eigenvalue weighted by Crippen LogP contribution is 2.39. The number of aromatic nitrogens is 3. The Morgan fingerprint density at radius 3 is 2.62 bits per heavy atom. The Morgan fingerprint density at radius 1 is 1.08 bits per heavy atom. The summed E-state index contributed by atoms with van der Waals surface area (Å²) in [7, 11) is 1.79. The van der Waals surface area contributed by atoms with Gasteiger partial charge in [0.2, 0.25) is 11.8 Å². The van der Waals surface area contributed by atoms with E-state index in [9.17, 15) is 0 Å². The van der Waals surface area contributed by atoms with Crippen LogP contribution >= 0.6 is 0 Å². The second kappa shape index (κ2) is 11.9. The molecule has 1 aliphatic heterocycles. The van der Waals surface area contributed by atoms with Gasteiger partial charge in [0.25, 0.3) is 0 Å². The first-order valence-electron chi connectivity index (χ1n) is 14.0. The number of ether oxygens (including phenoxy) is 1. The predicted octanol–water partition coefficient (Wildman–Crippen LogP) is 4.80. The van der Waals surface area contributed by atoms with E-state index in [0.29, 0.717) is 36.0 Å². The first kappa shape index (κ1) is 26.1. The van der Waals surface area contributed by atoms with Crippen molar-refractivity contribution in [1.29, 1.82) is 0 Å². The van der Waals surface area contributed by atoms with Crippen LogP contribution in [0.5, 0.6) is 0 Å². The molecule has 1 aromatic carbocycles. The number of aromatic amines is 1. The van der Waals surface area contributed by atoms with Crippen molar-refractivity contribution in [1.82, 2.24) is 25.0 Å². The van der Waals surface area contributed by atoms with Gasteiger partial charge < -0.3 is 19.0 Å². The van der Waals surface area contributed by atoms with Crippen molar-refractivity contribution in [3.8, 4) is 0 Å². The van der Waals surface area contributed by atoms with Gasteiger partial charge in [0, 0.05) is 69.9 Å². The average molecular weight is 506 g/mol. The predicted molar refractivity (Wildman–Crippen MR) is 148 cm³/mol. The highest BCUT2D eigenvalue weighted by atomic mass is 16.5. The van der Waals surface area contributed by atoms with Crippen molar-refractivity contribution in [2.24, 2.45) is 23.7 Å². The smallest absolute Gasteiger partial charge is 0.221 e. The fourth-order valence-corrected chi connectivity index (χ4v) is 6.29. The third kappa shape index (κ3) is 6.33. The van der Waals surface area contributed by atoms with Crippen molar-refractivity contribution in [2.75, 3.05) is 53.0 Å². The highest BCUT2D eigenvalue weighted by molar-refractivity contribution is 5.83.